The third-order valence-electron chi connectivity index (χ3n) is 9.80. The molecule has 0 aromatic heterocycles. The second-order valence-corrected chi connectivity index (χ2v) is 61.4. The predicted molar refractivity (Wildman–Crippen MR) is 173 cm³/mol. The molecule has 0 atom stereocenters. The first-order chi connectivity index (χ1) is 15.1. The molecule has 0 aromatic carbocycles. The van der Waals surface area contributed by atoms with Crippen LogP contribution in [-0.2, 0) is 0 Å². The van der Waals surface area contributed by atoms with Crippen molar-refractivity contribution >= 4 is 49.4 Å². The van der Waals surface area contributed by atoms with Crippen LogP contribution >= 0.6 is 0 Å². The van der Waals surface area contributed by atoms with Crippen LogP contribution in [-0.4, -0.2) is 52.4 Å². The summed E-state index contributed by atoms with van der Waals surface area (Å²) in [6, 6.07) is 8.45. The monoisotopic (exact) mass is 703 g/mol. The van der Waals surface area contributed by atoms with Crippen LogP contribution in [0.15, 0.2) is 0 Å². The summed E-state index contributed by atoms with van der Waals surface area (Å²) in [6.07, 6.45) is 0. The first-order valence-electron chi connectivity index (χ1n) is 14.5. The molecule has 0 radical (unpaired) electrons. The van der Waals surface area contributed by atoms with Gasteiger partial charge in [-0.05, 0) is 0 Å². The molecule has 0 N–H and O–H groups in total. The van der Waals surface area contributed by atoms with E-state index >= 15 is 0 Å². The first kappa shape index (κ1) is 36.4. The predicted octanol–water partition coefficient (Wildman–Crippen LogP) is 9.61. The van der Waals surface area contributed by atoms with Crippen LogP contribution in [0.25, 0.3) is 0 Å². The SMILES string of the molecule is CC[Si](C)(C)[N]([La]([N]([Si](C)(C)CC)[Si](C)(C)CC)[N]([Si](C)(C)CC)[Si](C)(C)CC)[Si](C)(C)CC. The second kappa shape index (κ2) is 13.2. The van der Waals surface area contributed by atoms with Crippen LogP contribution in [0.1, 0.15) is 41.5 Å². The fraction of sp³-hybridized carbons (Fsp3) is 1.00. The van der Waals surface area contributed by atoms with Crippen molar-refractivity contribution in [3.8, 4) is 0 Å². The first-order valence-corrected chi connectivity index (χ1v) is 38.3. The quantitative estimate of drug-likeness (QED) is 0.157. The molecule has 0 spiro atoms. The topological polar surface area (TPSA) is 9.72 Å². The van der Waals surface area contributed by atoms with Crippen molar-refractivity contribution < 1.29 is 31.1 Å². The van der Waals surface area contributed by atoms with Crippen molar-refractivity contribution in [1.82, 2.24) is 2.99 Å². The van der Waals surface area contributed by atoms with E-state index in [-0.39, 0.29) is 0 Å². The number of hydrogen-bond donors (Lipinski definition) is 0. The van der Waals surface area contributed by atoms with Crippen molar-refractivity contribution in [3.63, 3.8) is 0 Å². The second-order valence-electron chi connectivity index (χ2n) is 14.5. The zero-order valence-corrected chi connectivity index (χ0v) is 36.8. The molecule has 34 heavy (non-hydrogen) atoms. The van der Waals surface area contributed by atoms with Crippen molar-refractivity contribution in [2.45, 2.75) is 156 Å². The van der Waals surface area contributed by atoms with Crippen molar-refractivity contribution in [1.29, 1.82) is 0 Å². The fourth-order valence-corrected chi connectivity index (χ4v) is 102. The van der Waals surface area contributed by atoms with Gasteiger partial charge in [0.05, 0.1) is 0 Å². The molecule has 0 aliphatic carbocycles. The van der Waals surface area contributed by atoms with Gasteiger partial charge in [-0.25, -0.2) is 0 Å². The van der Waals surface area contributed by atoms with Gasteiger partial charge in [-0.15, -0.1) is 0 Å². The minimum atomic E-state index is -2.82. The van der Waals surface area contributed by atoms with Gasteiger partial charge in [-0.2, -0.15) is 0 Å². The van der Waals surface area contributed by atoms with Crippen LogP contribution < -0.4 is 0 Å². The van der Waals surface area contributed by atoms with E-state index in [9.17, 15) is 0 Å². The summed E-state index contributed by atoms with van der Waals surface area (Å²) >= 11 is -2.82. The summed E-state index contributed by atoms with van der Waals surface area (Å²) in [7, 11) is -9.11. The van der Waals surface area contributed by atoms with Gasteiger partial charge in [0, 0.05) is 0 Å². The summed E-state index contributed by atoms with van der Waals surface area (Å²) in [4.78, 5) is 0. The molecule has 3 nitrogen and oxygen atoms in total. The number of nitrogens with zero attached hydrogens (tertiary/aromatic N) is 3. The third-order valence-corrected chi connectivity index (χ3v) is 92.8. The number of rotatable bonds is 15. The van der Waals surface area contributed by atoms with E-state index in [1.807, 2.05) is 0 Å². The zero-order valence-electron chi connectivity index (χ0n) is 27.2. The van der Waals surface area contributed by atoms with Crippen LogP contribution in [0, 0.1) is 31.1 Å². The molecule has 0 saturated carbocycles. The van der Waals surface area contributed by atoms with E-state index in [0.717, 1.165) is 0 Å². The summed E-state index contributed by atoms with van der Waals surface area (Å²) in [6.45, 7) is 48.4. The van der Waals surface area contributed by atoms with Crippen LogP contribution in [0.5, 0.6) is 0 Å². The minimum absolute atomic E-state index is 1.41. The summed E-state index contributed by atoms with van der Waals surface area (Å²) in [5.74, 6) is 0. The van der Waals surface area contributed by atoms with Gasteiger partial charge >= 0.3 is 240 Å². The zero-order chi connectivity index (χ0) is 27.6. The number of hydrogen-bond acceptors (Lipinski definition) is 3. The van der Waals surface area contributed by atoms with E-state index in [2.05, 4.69) is 123 Å². The van der Waals surface area contributed by atoms with Gasteiger partial charge in [0.2, 0.25) is 0 Å². The Morgan fingerprint density at radius 2 is 0.441 bits per heavy atom. The Morgan fingerprint density at radius 1 is 0.324 bits per heavy atom. The Balaban J connectivity index is 7.97. The van der Waals surface area contributed by atoms with Gasteiger partial charge in [0.15, 0.2) is 0 Å². The van der Waals surface area contributed by atoms with Crippen LogP contribution in [0.3, 0.4) is 0 Å². The van der Waals surface area contributed by atoms with E-state index in [1.54, 1.807) is 0 Å². The van der Waals surface area contributed by atoms with Gasteiger partial charge in [-0.1, -0.05) is 0 Å². The van der Waals surface area contributed by atoms with Crippen molar-refractivity contribution in [2.75, 3.05) is 0 Å². The molecule has 0 heterocycles. The molecule has 0 aliphatic heterocycles. The Labute approximate surface area is 237 Å². The van der Waals surface area contributed by atoms with Crippen molar-refractivity contribution in [3.05, 3.63) is 0 Å². The average molecular weight is 704 g/mol. The molecule has 0 aromatic rings. The molecule has 0 amide bonds. The van der Waals surface area contributed by atoms with Crippen LogP contribution in [0.4, 0.5) is 0 Å². The standard InChI is InChI=1S/3C8H22NSi2.La/c3*1-7-10(3,4)9-11(5,6)8-2;/h3*7-8H2,1-6H3;/q3*-1;+3. The van der Waals surface area contributed by atoms with Crippen molar-refractivity contribution in [2.24, 2.45) is 0 Å². The van der Waals surface area contributed by atoms with E-state index in [0.29, 0.717) is 0 Å². The van der Waals surface area contributed by atoms with Gasteiger partial charge in [0.1, 0.15) is 0 Å². The molecule has 0 rings (SSSR count). The Kier molecular flexibility index (Phi) is 14.1. The maximum absolute atomic E-state index is 3.56. The van der Waals surface area contributed by atoms with Crippen LogP contribution in [0.2, 0.25) is 115 Å². The fourth-order valence-electron chi connectivity index (χ4n) is 5.70. The Morgan fingerprint density at radius 3 is 0.529 bits per heavy atom. The Hall–Kier alpha value is 2.38. The molecule has 0 fully saturated rings. The summed E-state index contributed by atoms with van der Waals surface area (Å²) < 4.78 is 10.7. The molecule has 0 aliphatic rings. The molecule has 0 saturated heterocycles. The molecular weight excluding hydrogens is 638 g/mol. The third kappa shape index (κ3) is 8.19. The van der Waals surface area contributed by atoms with Gasteiger partial charge in [-0.3, -0.25) is 0 Å². The van der Waals surface area contributed by atoms with Gasteiger partial charge in [0.25, 0.3) is 0 Å². The molecule has 204 valence electrons. The van der Waals surface area contributed by atoms with E-state index < -0.39 is 80.5 Å². The molecule has 10 heteroatoms. The average Bonchev–Trinajstić information content (AvgIpc) is 2.72. The van der Waals surface area contributed by atoms with Gasteiger partial charge < -0.3 is 0 Å². The molecular formula is C24H66LaN3Si6. The molecule has 0 bridgehead atoms. The van der Waals surface area contributed by atoms with E-state index in [4.69, 9.17) is 0 Å². The van der Waals surface area contributed by atoms with E-state index in [1.165, 1.54) is 36.3 Å². The summed E-state index contributed by atoms with van der Waals surface area (Å²) in [5.41, 5.74) is 0. The molecule has 0 unspecified atom stereocenters. The Bertz CT molecular complexity index is 507. The normalized spacial score (nSPS) is 15.1. The summed E-state index contributed by atoms with van der Waals surface area (Å²) in [5, 5.41) is 0. The maximum atomic E-state index is 3.56.